The summed E-state index contributed by atoms with van der Waals surface area (Å²) in [5.41, 5.74) is 5.04. The fourth-order valence-corrected chi connectivity index (χ4v) is 4.07. The van der Waals surface area contributed by atoms with Crippen molar-refractivity contribution < 1.29 is 14.3 Å². The van der Waals surface area contributed by atoms with Crippen LogP contribution < -0.4 is 10.6 Å². The van der Waals surface area contributed by atoms with Crippen LogP contribution in [0, 0.1) is 12.7 Å². The maximum atomic E-state index is 13.9. The molecule has 1 aliphatic rings. The zero-order valence-electron chi connectivity index (χ0n) is 19.0. The van der Waals surface area contributed by atoms with Gasteiger partial charge in [-0.15, -0.1) is 0 Å². The predicted molar refractivity (Wildman–Crippen MR) is 133 cm³/mol. The molecule has 7 heteroatoms. The Bertz CT molecular complexity index is 1240. The summed E-state index contributed by atoms with van der Waals surface area (Å²) in [7, 11) is 0. The molecule has 34 heavy (non-hydrogen) atoms. The molecule has 1 amide bonds. The summed E-state index contributed by atoms with van der Waals surface area (Å²) in [5.74, 6) is 0.303. The van der Waals surface area contributed by atoms with Crippen LogP contribution in [0.3, 0.4) is 0 Å². The Kier molecular flexibility index (Phi) is 7.60. The molecule has 0 fully saturated rings. The first-order valence-corrected chi connectivity index (χ1v) is 11.6. The summed E-state index contributed by atoms with van der Waals surface area (Å²) in [6, 6.07) is 15.9. The molecule has 0 unspecified atom stereocenters. The largest absolute Gasteiger partial charge is 0.392 e. The maximum Gasteiger partial charge on any atom is 0.251 e. The Morgan fingerprint density at radius 1 is 1.06 bits per heavy atom. The number of aryl methyl sites for hydroxylation is 1. The Balaban J connectivity index is 1.60. The van der Waals surface area contributed by atoms with Crippen molar-refractivity contribution in [3.05, 3.63) is 93.3 Å². The van der Waals surface area contributed by atoms with Gasteiger partial charge in [0, 0.05) is 42.2 Å². The van der Waals surface area contributed by atoms with Crippen LogP contribution in [0.25, 0.3) is 11.1 Å². The fraction of sp³-hybridized carbons (Fsp3) is 0.259. The lowest BCUT2D eigenvalue weighted by atomic mass is 9.97. The van der Waals surface area contributed by atoms with Gasteiger partial charge < -0.3 is 15.7 Å². The van der Waals surface area contributed by atoms with Crippen molar-refractivity contribution in [3.8, 4) is 11.1 Å². The van der Waals surface area contributed by atoms with Crippen molar-refractivity contribution in [2.75, 3.05) is 6.54 Å². The number of hydrogen-bond donors (Lipinski definition) is 3. The predicted octanol–water partition coefficient (Wildman–Crippen LogP) is 5.16. The third-order valence-electron chi connectivity index (χ3n) is 5.85. The standard InChI is InChI=1S/C27H27ClFN3O2/c1-17-9-18(4-6-24(17)28)14-32-27(34)22-11-19(15-31-26-3-2-8-30-26)10-21(13-22)20-5-7-25(29)23(12-20)16-33/h4-7,9-13,33H,2-3,8,14-16H2,1H3,(H,30,31)(H,32,34). The van der Waals surface area contributed by atoms with Crippen LogP contribution in [0.1, 0.15) is 45.5 Å². The number of hydrogen-bond acceptors (Lipinski definition) is 4. The van der Waals surface area contributed by atoms with E-state index in [1.54, 1.807) is 18.2 Å². The van der Waals surface area contributed by atoms with Gasteiger partial charge in [0.15, 0.2) is 0 Å². The van der Waals surface area contributed by atoms with E-state index in [0.29, 0.717) is 23.7 Å². The normalized spacial score (nSPS) is 13.0. The minimum Gasteiger partial charge on any atom is -0.392 e. The van der Waals surface area contributed by atoms with E-state index < -0.39 is 12.4 Å². The maximum absolute atomic E-state index is 13.9. The second-order valence-electron chi connectivity index (χ2n) is 8.43. The molecule has 1 aliphatic heterocycles. The summed E-state index contributed by atoms with van der Waals surface area (Å²) in [5, 5.41) is 16.5. The first kappa shape index (κ1) is 23.9. The highest BCUT2D eigenvalue weighted by molar-refractivity contribution is 6.31. The van der Waals surface area contributed by atoms with E-state index in [4.69, 9.17) is 11.6 Å². The molecule has 0 aromatic heterocycles. The van der Waals surface area contributed by atoms with Crippen LogP contribution in [0.5, 0.6) is 0 Å². The van der Waals surface area contributed by atoms with E-state index in [1.807, 2.05) is 37.3 Å². The molecule has 0 spiro atoms. The minimum absolute atomic E-state index is 0.210. The van der Waals surface area contributed by atoms with E-state index in [-0.39, 0.29) is 11.5 Å². The van der Waals surface area contributed by atoms with Crippen LogP contribution in [-0.2, 0) is 19.7 Å². The number of nitrogens with one attached hydrogen (secondary N) is 2. The smallest absolute Gasteiger partial charge is 0.251 e. The molecule has 1 heterocycles. The third-order valence-corrected chi connectivity index (χ3v) is 6.27. The van der Waals surface area contributed by atoms with E-state index in [0.717, 1.165) is 53.0 Å². The number of benzene rings is 3. The average Bonchev–Trinajstić information content (AvgIpc) is 3.37. The minimum atomic E-state index is -0.459. The highest BCUT2D eigenvalue weighted by Gasteiger charge is 2.13. The molecule has 4 rings (SSSR count). The summed E-state index contributed by atoms with van der Waals surface area (Å²) < 4.78 is 13.9. The van der Waals surface area contributed by atoms with Crippen LogP contribution in [-0.4, -0.2) is 23.4 Å². The number of carbonyl (C=O) groups is 1. The first-order valence-electron chi connectivity index (χ1n) is 11.3. The highest BCUT2D eigenvalue weighted by atomic mass is 35.5. The van der Waals surface area contributed by atoms with Gasteiger partial charge in [-0.3, -0.25) is 9.79 Å². The zero-order valence-corrected chi connectivity index (χ0v) is 19.8. The van der Waals surface area contributed by atoms with E-state index >= 15 is 0 Å². The summed E-state index contributed by atoms with van der Waals surface area (Å²) in [4.78, 5) is 17.5. The van der Waals surface area contributed by atoms with Gasteiger partial charge in [0.25, 0.3) is 5.91 Å². The van der Waals surface area contributed by atoms with Gasteiger partial charge >= 0.3 is 0 Å². The monoisotopic (exact) mass is 479 g/mol. The van der Waals surface area contributed by atoms with Crippen molar-refractivity contribution in [2.45, 2.75) is 39.5 Å². The van der Waals surface area contributed by atoms with Crippen molar-refractivity contribution in [3.63, 3.8) is 0 Å². The summed E-state index contributed by atoms with van der Waals surface area (Å²) >= 11 is 6.10. The molecule has 0 radical (unpaired) electrons. The number of nitrogens with zero attached hydrogens (tertiary/aromatic N) is 1. The van der Waals surface area contributed by atoms with Crippen LogP contribution in [0.15, 0.2) is 59.6 Å². The molecule has 3 aromatic carbocycles. The van der Waals surface area contributed by atoms with Gasteiger partial charge in [0.05, 0.1) is 12.4 Å². The molecular weight excluding hydrogens is 453 g/mol. The zero-order chi connectivity index (χ0) is 24.1. The van der Waals surface area contributed by atoms with E-state index in [2.05, 4.69) is 15.6 Å². The number of halogens is 2. The number of carbonyl (C=O) groups excluding carboxylic acids is 1. The fourth-order valence-electron chi connectivity index (χ4n) is 3.96. The van der Waals surface area contributed by atoms with E-state index in [1.165, 1.54) is 6.07 Å². The van der Waals surface area contributed by atoms with Crippen LogP contribution >= 0.6 is 11.6 Å². The molecule has 3 N–H and O–H groups in total. The number of aliphatic imine (C=N–C) groups is 1. The van der Waals surface area contributed by atoms with Crippen molar-refractivity contribution in [1.82, 2.24) is 10.6 Å². The highest BCUT2D eigenvalue weighted by Crippen LogP contribution is 2.25. The Morgan fingerprint density at radius 2 is 1.91 bits per heavy atom. The Morgan fingerprint density at radius 3 is 2.65 bits per heavy atom. The molecule has 5 nitrogen and oxygen atoms in total. The number of amides is 1. The summed E-state index contributed by atoms with van der Waals surface area (Å²) in [6.07, 6.45) is 1.96. The SMILES string of the molecule is Cc1cc(CNC(=O)c2cc(CNC3=NCCC3)cc(-c3ccc(F)c(CO)c3)c2)ccc1Cl. The second-order valence-corrected chi connectivity index (χ2v) is 8.84. The molecule has 3 aromatic rings. The van der Waals surface area contributed by atoms with Crippen molar-refractivity contribution in [1.29, 1.82) is 0 Å². The average molecular weight is 480 g/mol. The molecule has 0 atom stereocenters. The number of aliphatic hydroxyl groups excluding tert-OH is 1. The molecule has 176 valence electrons. The molecule has 0 aliphatic carbocycles. The first-order chi connectivity index (χ1) is 16.4. The van der Waals surface area contributed by atoms with Crippen LogP contribution in [0.2, 0.25) is 5.02 Å². The van der Waals surface area contributed by atoms with Crippen LogP contribution in [0.4, 0.5) is 4.39 Å². The van der Waals surface area contributed by atoms with Gasteiger partial charge in [-0.05, 0) is 77.6 Å². The number of aliphatic hydroxyl groups is 1. The lowest BCUT2D eigenvalue weighted by Crippen LogP contribution is -2.24. The molecule has 0 saturated heterocycles. The van der Waals surface area contributed by atoms with Crippen molar-refractivity contribution in [2.24, 2.45) is 4.99 Å². The second kappa shape index (κ2) is 10.8. The molecule has 0 bridgehead atoms. The Hall–Kier alpha value is -3.22. The number of amidine groups is 1. The lowest BCUT2D eigenvalue weighted by Gasteiger charge is -2.13. The van der Waals surface area contributed by atoms with Gasteiger partial charge in [-0.2, -0.15) is 0 Å². The quantitative estimate of drug-likeness (QED) is 0.438. The van der Waals surface area contributed by atoms with Gasteiger partial charge in [-0.1, -0.05) is 29.8 Å². The molecule has 0 saturated carbocycles. The van der Waals surface area contributed by atoms with Gasteiger partial charge in [-0.25, -0.2) is 4.39 Å². The third kappa shape index (κ3) is 5.82. The summed E-state index contributed by atoms with van der Waals surface area (Å²) in [6.45, 7) is 3.26. The van der Waals surface area contributed by atoms with Gasteiger partial charge in [0.1, 0.15) is 5.82 Å². The van der Waals surface area contributed by atoms with Crippen molar-refractivity contribution >= 4 is 23.3 Å². The topological polar surface area (TPSA) is 73.7 Å². The van der Waals surface area contributed by atoms with E-state index in [9.17, 15) is 14.3 Å². The Labute approximate surface area is 203 Å². The molecular formula is C27H27ClFN3O2. The number of rotatable bonds is 7. The van der Waals surface area contributed by atoms with Gasteiger partial charge in [0.2, 0.25) is 0 Å². The lowest BCUT2D eigenvalue weighted by molar-refractivity contribution is 0.0951.